The second kappa shape index (κ2) is 16.6. The van der Waals surface area contributed by atoms with E-state index in [-0.39, 0.29) is 24.8 Å². The van der Waals surface area contributed by atoms with E-state index >= 15 is 0 Å². The predicted octanol–water partition coefficient (Wildman–Crippen LogP) is 3.97. The molecule has 0 fully saturated rings. The summed E-state index contributed by atoms with van der Waals surface area (Å²) >= 11 is 1.53. The van der Waals surface area contributed by atoms with E-state index in [0.717, 1.165) is 19.3 Å². The van der Waals surface area contributed by atoms with Crippen LogP contribution in [0.15, 0.2) is 158 Å². The van der Waals surface area contributed by atoms with Gasteiger partial charge in [0.2, 0.25) is 0 Å². The van der Waals surface area contributed by atoms with E-state index in [4.69, 9.17) is 0 Å². The Morgan fingerprint density at radius 3 is 1.68 bits per heavy atom. The van der Waals surface area contributed by atoms with Gasteiger partial charge in [-0.15, -0.1) is 5.56 Å². The Balaban J connectivity index is 0.000000184. The number of fused-ring (bicyclic) bond motifs is 5. The van der Waals surface area contributed by atoms with Gasteiger partial charge in [-0.25, -0.2) is 12.1 Å². The second-order valence-electron chi connectivity index (χ2n) is 10.6. The molecule has 1 aliphatic rings. The zero-order chi connectivity index (χ0) is 28.6. The van der Waals surface area contributed by atoms with Crippen LogP contribution in [0.25, 0.3) is 32.7 Å². The van der Waals surface area contributed by atoms with Gasteiger partial charge in [0.25, 0.3) is 0 Å². The number of hydrogen-bond donors (Lipinski definition) is 0. The van der Waals surface area contributed by atoms with Gasteiger partial charge in [-0.05, 0) is 6.42 Å². The Morgan fingerprint density at radius 1 is 0.568 bits per heavy atom. The average molecular weight is 687 g/mol. The third kappa shape index (κ3) is 8.16. The zero-order valence-corrected chi connectivity index (χ0v) is 28.4. The Morgan fingerprint density at radius 2 is 1.09 bits per heavy atom. The van der Waals surface area contributed by atoms with E-state index < -0.39 is 0 Å². The topological polar surface area (TPSA) is 0 Å². The van der Waals surface area contributed by atoms with Crippen molar-refractivity contribution in [3.8, 4) is 11.1 Å². The van der Waals surface area contributed by atoms with Gasteiger partial charge in [0.05, 0.1) is 0 Å². The first kappa shape index (κ1) is 33.4. The third-order valence-electron chi connectivity index (χ3n) is 7.74. The molecule has 0 amide bonds. The fraction of sp³-hybridized carbons (Fsp3) is 0.0732. The molecule has 0 N–H and O–H groups in total. The number of hydrogen-bond acceptors (Lipinski definition) is 0. The molecule has 3 heteroatoms. The monoisotopic (exact) mass is 684 g/mol. The van der Waals surface area contributed by atoms with Crippen molar-refractivity contribution in [2.45, 2.75) is 19.3 Å². The first-order valence-electron chi connectivity index (χ1n) is 14.5. The smallest absolute Gasteiger partial charge is 0.0253 e. The molecule has 0 spiro atoms. The molecule has 8 rings (SSSR count). The van der Waals surface area contributed by atoms with Crippen LogP contribution < -0.4 is 24.8 Å². The largest absolute Gasteiger partial charge is 0.214 e. The van der Waals surface area contributed by atoms with Crippen LogP contribution in [0, 0.1) is 6.07 Å². The van der Waals surface area contributed by atoms with Crippen molar-refractivity contribution in [1.82, 2.24) is 0 Å². The maximum atomic E-state index is 3.30. The van der Waals surface area contributed by atoms with Crippen molar-refractivity contribution in [1.29, 1.82) is 0 Å². The van der Waals surface area contributed by atoms with Gasteiger partial charge in [0, 0.05) is 0 Å². The maximum Gasteiger partial charge on any atom is -0.0253 e. The standard InChI is InChI=1S/C23H18.C13H9.C5H5.2ClH.Zr/c1-3-16-22-18(8-1)10-5-12-20(22)14-7-15-21-13-6-11-19-9-2-4-17-23(19)21;1-3-7-12-10(5-1)9-11-6-2-4-8-13(11)12;1-2-4-5-3-1;;;/h1-6,8-13,16-17H,14-15H2;1-5,7-8H,9H2;1-5H;2*1H;/q;2*-1;;;+2/p-2. The number of benzene rings is 6. The summed E-state index contributed by atoms with van der Waals surface area (Å²) in [6, 6.07) is 58.8. The zero-order valence-electron chi connectivity index (χ0n) is 24.4. The molecule has 7 aromatic rings. The van der Waals surface area contributed by atoms with Gasteiger partial charge >= 0.3 is 158 Å². The predicted molar refractivity (Wildman–Crippen MR) is 176 cm³/mol. The summed E-state index contributed by atoms with van der Waals surface area (Å²) in [5, 5.41) is 5.45. The van der Waals surface area contributed by atoms with Crippen molar-refractivity contribution in [3.05, 3.63) is 186 Å². The van der Waals surface area contributed by atoms with Crippen molar-refractivity contribution in [2.75, 3.05) is 0 Å². The number of rotatable bonds is 4. The molecular weight excluding hydrogens is 655 g/mol. The normalized spacial score (nSPS) is 10.6. The molecule has 0 unspecified atom stereocenters. The Labute approximate surface area is 288 Å². The van der Waals surface area contributed by atoms with Crippen LogP contribution in [0.1, 0.15) is 22.3 Å². The summed E-state index contributed by atoms with van der Waals surface area (Å²) in [5.74, 6) is 0. The molecule has 44 heavy (non-hydrogen) atoms. The van der Waals surface area contributed by atoms with Gasteiger partial charge in [0.15, 0.2) is 0 Å². The van der Waals surface area contributed by atoms with Gasteiger partial charge in [0.1, 0.15) is 0 Å². The van der Waals surface area contributed by atoms with Crippen LogP contribution in [0.5, 0.6) is 0 Å². The minimum Gasteiger partial charge on any atom is -0.214 e. The molecule has 0 nitrogen and oxygen atoms in total. The van der Waals surface area contributed by atoms with Crippen molar-refractivity contribution >= 4 is 24.8 Å². The molecule has 0 aromatic heterocycles. The van der Waals surface area contributed by atoms with E-state index in [1.54, 1.807) is 3.21 Å². The van der Waals surface area contributed by atoms with Gasteiger partial charge in [-0.2, -0.15) is 48.0 Å². The summed E-state index contributed by atoms with van der Waals surface area (Å²) in [7, 11) is 0. The Hall–Kier alpha value is -3.48. The first-order chi connectivity index (χ1) is 20.8. The SMILES string of the molecule is [Cl-].[Cl-].[Zr+2]=[C](Cc1cccc2ccccc12)Cc1cccc2ccccc12.[c-]1cccc2c1Cc1ccccc1-2.c1cc[cH-]c1. The van der Waals surface area contributed by atoms with Crippen LogP contribution in [0.2, 0.25) is 0 Å². The Bertz CT molecular complexity index is 1780. The first-order valence-corrected chi connectivity index (χ1v) is 15.7. The summed E-state index contributed by atoms with van der Waals surface area (Å²) < 4.78 is 1.59. The fourth-order valence-electron chi connectivity index (χ4n) is 5.73. The number of halogens is 2. The molecule has 0 aliphatic heterocycles. The molecule has 0 bridgehead atoms. The summed E-state index contributed by atoms with van der Waals surface area (Å²) in [6.07, 6.45) is 3.19. The summed E-state index contributed by atoms with van der Waals surface area (Å²) in [6.45, 7) is 0. The van der Waals surface area contributed by atoms with Crippen molar-refractivity contribution < 1.29 is 49.0 Å². The molecular formula is C41H32Cl2Zr-2. The molecule has 0 heterocycles. The average Bonchev–Trinajstić information content (AvgIpc) is 3.74. The second-order valence-corrected chi connectivity index (χ2v) is 12.3. The fourth-order valence-corrected chi connectivity index (χ4v) is 6.67. The van der Waals surface area contributed by atoms with Gasteiger partial charge in [-0.3, -0.25) is 0 Å². The van der Waals surface area contributed by atoms with E-state index in [9.17, 15) is 0 Å². The molecule has 0 saturated heterocycles. The minimum absolute atomic E-state index is 0. The van der Waals surface area contributed by atoms with Gasteiger partial charge in [-0.1, -0.05) is 35.4 Å². The molecule has 0 radical (unpaired) electrons. The van der Waals surface area contributed by atoms with Crippen LogP contribution in [0.4, 0.5) is 0 Å². The molecule has 216 valence electrons. The molecule has 0 saturated carbocycles. The minimum atomic E-state index is 0. The van der Waals surface area contributed by atoms with Crippen LogP contribution in [-0.4, -0.2) is 3.21 Å². The summed E-state index contributed by atoms with van der Waals surface area (Å²) in [4.78, 5) is 0. The quantitative estimate of drug-likeness (QED) is 0.246. The van der Waals surface area contributed by atoms with E-state index in [1.165, 1.54) is 79.2 Å². The van der Waals surface area contributed by atoms with E-state index in [1.807, 2.05) is 36.4 Å². The maximum absolute atomic E-state index is 3.30. The van der Waals surface area contributed by atoms with Crippen LogP contribution in [-0.2, 0) is 43.5 Å². The molecule has 7 aromatic carbocycles. The van der Waals surface area contributed by atoms with Crippen molar-refractivity contribution in [3.63, 3.8) is 0 Å². The molecule has 1 aliphatic carbocycles. The van der Waals surface area contributed by atoms with Crippen LogP contribution >= 0.6 is 0 Å². The van der Waals surface area contributed by atoms with E-state index in [0.29, 0.717) is 0 Å². The van der Waals surface area contributed by atoms with Crippen LogP contribution in [0.3, 0.4) is 0 Å². The summed E-state index contributed by atoms with van der Waals surface area (Å²) in [5.41, 5.74) is 8.40. The van der Waals surface area contributed by atoms with E-state index in [2.05, 4.69) is 127 Å². The van der Waals surface area contributed by atoms with Crippen molar-refractivity contribution in [2.24, 2.45) is 0 Å². The molecule has 0 atom stereocenters. The van der Waals surface area contributed by atoms with Gasteiger partial charge < -0.3 is 24.8 Å². The third-order valence-corrected chi connectivity index (χ3v) is 8.61. The Kier molecular flexibility index (Phi) is 12.6.